The van der Waals surface area contributed by atoms with Crippen LogP contribution in [0.25, 0.3) is 0 Å². The predicted octanol–water partition coefficient (Wildman–Crippen LogP) is 4.71. The van der Waals surface area contributed by atoms with Gasteiger partial charge in [0.15, 0.2) is 11.6 Å². The van der Waals surface area contributed by atoms with Gasteiger partial charge in [-0.1, -0.05) is 23.7 Å². The molecular formula is C16H12ClF2NOS. The number of benzene rings is 2. The van der Waals surface area contributed by atoms with Crippen LogP contribution in [-0.4, -0.2) is 11.7 Å². The number of nitrogens with zero attached hydrogens (tertiary/aromatic N) is 1. The Kier molecular flexibility index (Phi) is 4.10. The number of hydrogen-bond donors (Lipinski definition) is 0. The Balaban J connectivity index is 2.06. The summed E-state index contributed by atoms with van der Waals surface area (Å²) >= 11 is 7.51. The smallest absolute Gasteiger partial charge is 0.238 e. The minimum absolute atomic E-state index is 0.0786. The monoisotopic (exact) mass is 339 g/mol. The number of hydrogen-bond acceptors (Lipinski definition) is 2. The number of amides is 1. The molecule has 1 fully saturated rings. The minimum Gasteiger partial charge on any atom is -0.295 e. The van der Waals surface area contributed by atoms with Crippen LogP contribution in [0.15, 0.2) is 36.4 Å². The summed E-state index contributed by atoms with van der Waals surface area (Å²) in [4.78, 5) is 13.9. The van der Waals surface area contributed by atoms with Crippen molar-refractivity contribution >= 4 is 35.0 Å². The molecule has 1 heterocycles. The van der Waals surface area contributed by atoms with Crippen LogP contribution in [0.5, 0.6) is 0 Å². The first-order valence-electron chi connectivity index (χ1n) is 6.63. The van der Waals surface area contributed by atoms with Crippen LogP contribution in [0.2, 0.25) is 5.02 Å². The van der Waals surface area contributed by atoms with Crippen LogP contribution < -0.4 is 4.90 Å². The van der Waals surface area contributed by atoms with Gasteiger partial charge in [-0.2, -0.15) is 0 Å². The molecule has 1 aliphatic heterocycles. The topological polar surface area (TPSA) is 20.3 Å². The van der Waals surface area contributed by atoms with Crippen molar-refractivity contribution in [2.75, 3.05) is 10.7 Å². The van der Waals surface area contributed by atoms with E-state index in [0.717, 1.165) is 17.7 Å². The van der Waals surface area contributed by atoms with Crippen LogP contribution in [-0.2, 0) is 4.79 Å². The molecule has 0 radical (unpaired) electrons. The number of halogens is 3. The molecule has 0 saturated carbocycles. The Morgan fingerprint density at radius 2 is 2.00 bits per heavy atom. The van der Waals surface area contributed by atoms with Gasteiger partial charge in [-0.3, -0.25) is 9.69 Å². The average Bonchev–Trinajstić information content (AvgIpc) is 2.87. The van der Waals surface area contributed by atoms with E-state index in [1.165, 1.54) is 17.8 Å². The van der Waals surface area contributed by atoms with E-state index in [9.17, 15) is 13.6 Å². The maximum Gasteiger partial charge on any atom is 0.238 e. The Morgan fingerprint density at radius 3 is 2.73 bits per heavy atom. The quantitative estimate of drug-likeness (QED) is 0.790. The molecule has 1 amide bonds. The number of carbonyl (C=O) groups excluding carboxylic acids is 1. The Morgan fingerprint density at radius 1 is 1.23 bits per heavy atom. The van der Waals surface area contributed by atoms with E-state index in [1.54, 1.807) is 23.1 Å². The number of thioether (sulfide) groups is 1. The van der Waals surface area contributed by atoms with Crippen LogP contribution in [0.4, 0.5) is 14.5 Å². The van der Waals surface area contributed by atoms with Crippen LogP contribution in [0, 0.1) is 18.6 Å². The van der Waals surface area contributed by atoms with E-state index in [4.69, 9.17) is 11.6 Å². The second-order valence-corrected chi connectivity index (χ2v) is 6.46. The van der Waals surface area contributed by atoms with Gasteiger partial charge in [0, 0.05) is 10.7 Å². The zero-order chi connectivity index (χ0) is 15.9. The summed E-state index contributed by atoms with van der Waals surface area (Å²) in [6.45, 7) is 1.83. The summed E-state index contributed by atoms with van der Waals surface area (Å²) < 4.78 is 26.6. The highest BCUT2D eigenvalue weighted by molar-refractivity contribution is 8.00. The van der Waals surface area contributed by atoms with Crippen molar-refractivity contribution in [1.82, 2.24) is 0 Å². The van der Waals surface area contributed by atoms with Crippen LogP contribution in [0.3, 0.4) is 0 Å². The summed E-state index contributed by atoms with van der Waals surface area (Å²) in [7, 11) is 0. The van der Waals surface area contributed by atoms with Crippen LogP contribution in [0.1, 0.15) is 16.5 Å². The van der Waals surface area contributed by atoms with Gasteiger partial charge in [-0.25, -0.2) is 8.78 Å². The fraction of sp³-hybridized carbons (Fsp3) is 0.188. The molecule has 22 heavy (non-hydrogen) atoms. The molecule has 0 N–H and O–H groups in total. The second kappa shape index (κ2) is 5.89. The largest absolute Gasteiger partial charge is 0.295 e. The van der Waals surface area contributed by atoms with Crippen molar-refractivity contribution in [3.05, 3.63) is 64.2 Å². The highest BCUT2D eigenvalue weighted by Gasteiger charge is 2.35. The summed E-state index contributed by atoms with van der Waals surface area (Å²) in [5.41, 5.74) is 2.03. The van der Waals surface area contributed by atoms with Gasteiger partial charge in [-0.15, -0.1) is 11.8 Å². The Bertz CT molecular complexity index is 753. The molecule has 2 aromatic rings. The third-order valence-corrected chi connectivity index (χ3v) is 5.22. The maximum absolute atomic E-state index is 13.5. The van der Waals surface area contributed by atoms with Gasteiger partial charge in [0.1, 0.15) is 5.37 Å². The van der Waals surface area contributed by atoms with E-state index in [0.29, 0.717) is 16.3 Å². The molecule has 0 aliphatic carbocycles. The fourth-order valence-corrected chi connectivity index (χ4v) is 3.78. The van der Waals surface area contributed by atoms with Crippen molar-refractivity contribution < 1.29 is 13.6 Å². The second-order valence-electron chi connectivity index (χ2n) is 4.98. The summed E-state index contributed by atoms with van der Waals surface area (Å²) in [6, 6.07) is 9.04. The van der Waals surface area contributed by atoms with Crippen molar-refractivity contribution in [2.45, 2.75) is 12.3 Å². The van der Waals surface area contributed by atoms with Gasteiger partial charge in [0.2, 0.25) is 5.91 Å². The Hall–Kier alpha value is -1.59. The lowest BCUT2D eigenvalue weighted by molar-refractivity contribution is -0.115. The minimum atomic E-state index is -0.916. The van der Waals surface area contributed by atoms with Crippen molar-refractivity contribution in [3.63, 3.8) is 0 Å². The maximum atomic E-state index is 13.5. The molecule has 6 heteroatoms. The molecule has 0 spiro atoms. The number of rotatable bonds is 2. The van der Waals surface area contributed by atoms with Gasteiger partial charge in [-0.05, 0) is 42.3 Å². The normalized spacial score (nSPS) is 18.1. The molecular weight excluding hydrogens is 328 g/mol. The molecule has 0 aromatic heterocycles. The standard InChI is InChI=1S/C16H12ClF2NOS/c1-9-11(17)3-2-4-14(9)20-15(21)8-22-16(20)10-5-6-12(18)13(19)7-10/h2-7,16H,8H2,1H3. The lowest BCUT2D eigenvalue weighted by Crippen LogP contribution is -2.28. The first-order chi connectivity index (χ1) is 10.5. The molecule has 2 aromatic carbocycles. The van der Waals surface area contributed by atoms with Gasteiger partial charge in [0.05, 0.1) is 5.75 Å². The van der Waals surface area contributed by atoms with Gasteiger partial charge < -0.3 is 0 Å². The SMILES string of the molecule is Cc1c(Cl)cccc1N1C(=O)CSC1c1ccc(F)c(F)c1. The van der Waals surface area contributed by atoms with E-state index in [2.05, 4.69) is 0 Å². The molecule has 3 rings (SSSR count). The molecule has 114 valence electrons. The van der Waals surface area contributed by atoms with E-state index >= 15 is 0 Å². The molecule has 1 saturated heterocycles. The zero-order valence-corrected chi connectivity index (χ0v) is 13.2. The van der Waals surface area contributed by atoms with E-state index in [-0.39, 0.29) is 17.0 Å². The first-order valence-corrected chi connectivity index (χ1v) is 8.05. The molecule has 0 bridgehead atoms. The molecule has 1 aliphatic rings. The third kappa shape index (κ3) is 2.59. The lowest BCUT2D eigenvalue weighted by Gasteiger charge is -2.26. The highest BCUT2D eigenvalue weighted by atomic mass is 35.5. The number of carbonyl (C=O) groups is 1. The average molecular weight is 340 g/mol. The third-order valence-electron chi connectivity index (χ3n) is 3.60. The predicted molar refractivity (Wildman–Crippen MR) is 85.2 cm³/mol. The Labute approximate surface area is 136 Å². The molecule has 1 unspecified atom stereocenters. The van der Waals surface area contributed by atoms with Crippen molar-refractivity contribution in [3.8, 4) is 0 Å². The van der Waals surface area contributed by atoms with E-state index < -0.39 is 11.6 Å². The lowest BCUT2D eigenvalue weighted by atomic mass is 10.1. The van der Waals surface area contributed by atoms with Crippen molar-refractivity contribution in [2.24, 2.45) is 0 Å². The van der Waals surface area contributed by atoms with Crippen LogP contribution >= 0.6 is 23.4 Å². The fourth-order valence-electron chi connectivity index (χ4n) is 2.45. The summed E-state index contributed by atoms with van der Waals surface area (Å²) in [5.74, 6) is -1.61. The van der Waals surface area contributed by atoms with Crippen molar-refractivity contribution in [1.29, 1.82) is 0 Å². The summed E-state index contributed by atoms with van der Waals surface area (Å²) in [5, 5.41) is 0.172. The van der Waals surface area contributed by atoms with E-state index in [1.807, 2.05) is 6.92 Å². The molecule has 2 nitrogen and oxygen atoms in total. The highest BCUT2D eigenvalue weighted by Crippen LogP contribution is 2.43. The molecule has 1 atom stereocenters. The summed E-state index contributed by atoms with van der Waals surface area (Å²) in [6.07, 6.45) is 0. The van der Waals surface area contributed by atoms with Gasteiger partial charge >= 0.3 is 0 Å². The zero-order valence-electron chi connectivity index (χ0n) is 11.6. The number of anilines is 1. The van der Waals surface area contributed by atoms with Gasteiger partial charge in [0.25, 0.3) is 0 Å². The first kappa shape index (κ1) is 15.3.